The summed E-state index contributed by atoms with van der Waals surface area (Å²) in [5.74, 6) is 2.66. The predicted octanol–water partition coefficient (Wildman–Crippen LogP) is 1.05. The molecule has 2 aliphatic carbocycles. The van der Waals surface area contributed by atoms with Crippen LogP contribution in [0.5, 0.6) is 0 Å². The van der Waals surface area contributed by atoms with Crippen molar-refractivity contribution in [3.8, 4) is 6.07 Å². The molecule has 7 nitrogen and oxygen atoms in total. The normalized spacial score (nSPS) is 42.0. The zero-order valence-corrected chi connectivity index (χ0v) is 17.1. The number of hydrogen-bond donors (Lipinski definition) is 4. The largest absolute Gasteiger partial charge is 0.365 e. The third-order valence-electron chi connectivity index (χ3n) is 7.16. The third kappa shape index (κ3) is 3.97. The van der Waals surface area contributed by atoms with Gasteiger partial charge in [0.2, 0.25) is 5.91 Å². The van der Waals surface area contributed by atoms with Crippen LogP contribution in [-0.2, 0) is 9.53 Å². The SMILES string of the molecule is COC1NC(N[C@@H](C)C2=CC3CC(C)C(C4CC4)CC3NC2=O)NCC1C#N. The fourth-order valence-corrected chi connectivity index (χ4v) is 5.38. The maximum Gasteiger partial charge on any atom is 0.248 e. The van der Waals surface area contributed by atoms with Crippen molar-refractivity contribution < 1.29 is 9.53 Å². The average Bonchev–Trinajstić information content (AvgIpc) is 3.52. The van der Waals surface area contributed by atoms with Crippen molar-refractivity contribution in [1.29, 1.82) is 5.26 Å². The zero-order valence-electron chi connectivity index (χ0n) is 17.1. The van der Waals surface area contributed by atoms with E-state index in [0.717, 1.165) is 36.2 Å². The maximum absolute atomic E-state index is 12.8. The van der Waals surface area contributed by atoms with Gasteiger partial charge in [-0.25, -0.2) is 0 Å². The Morgan fingerprint density at radius 3 is 2.82 bits per heavy atom. The molecule has 2 aliphatic heterocycles. The van der Waals surface area contributed by atoms with E-state index in [2.05, 4.69) is 40.3 Å². The molecule has 4 N–H and O–H groups in total. The molecule has 0 aromatic rings. The second-order valence-electron chi connectivity index (χ2n) is 9.10. The molecule has 0 bridgehead atoms. The summed E-state index contributed by atoms with van der Waals surface area (Å²) in [7, 11) is 1.60. The van der Waals surface area contributed by atoms with Crippen LogP contribution in [0.2, 0.25) is 0 Å². The number of ether oxygens (including phenoxy) is 1. The Kier molecular flexibility index (Phi) is 5.75. The molecule has 4 aliphatic rings. The van der Waals surface area contributed by atoms with Gasteiger partial charge in [-0.3, -0.25) is 20.7 Å². The Balaban J connectivity index is 1.39. The molecule has 0 aromatic heterocycles. The number of nitrogens with one attached hydrogen (secondary N) is 4. The van der Waals surface area contributed by atoms with E-state index in [1.807, 2.05) is 6.92 Å². The number of amides is 1. The highest BCUT2D eigenvalue weighted by molar-refractivity contribution is 5.95. The second kappa shape index (κ2) is 8.11. The first-order valence-corrected chi connectivity index (χ1v) is 10.7. The maximum atomic E-state index is 12.8. The van der Waals surface area contributed by atoms with E-state index in [-0.39, 0.29) is 30.4 Å². The van der Waals surface area contributed by atoms with Crippen LogP contribution >= 0.6 is 0 Å². The summed E-state index contributed by atoms with van der Waals surface area (Å²) in [5, 5.41) is 22.5. The summed E-state index contributed by atoms with van der Waals surface area (Å²) in [5.41, 5.74) is 0.818. The smallest absolute Gasteiger partial charge is 0.248 e. The highest BCUT2D eigenvalue weighted by atomic mass is 16.5. The third-order valence-corrected chi connectivity index (χ3v) is 7.16. The molecule has 0 spiro atoms. The Hall–Kier alpha value is -1.46. The van der Waals surface area contributed by atoms with Crippen LogP contribution in [-0.4, -0.2) is 44.2 Å². The average molecular weight is 388 g/mol. The van der Waals surface area contributed by atoms with Gasteiger partial charge in [0.25, 0.3) is 0 Å². The minimum Gasteiger partial charge on any atom is -0.365 e. The van der Waals surface area contributed by atoms with Crippen LogP contribution in [0, 0.1) is 40.9 Å². The summed E-state index contributed by atoms with van der Waals surface area (Å²) < 4.78 is 5.38. The number of rotatable bonds is 5. The van der Waals surface area contributed by atoms with Crippen molar-refractivity contribution in [2.75, 3.05) is 13.7 Å². The van der Waals surface area contributed by atoms with E-state index in [1.165, 1.54) is 12.8 Å². The van der Waals surface area contributed by atoms with E-state index in [0.29, 0.717) is 18.5 Å². The first-order chi connectivity index (χ1) is 13.5. The van der Waals surface area contributed by atoms with E-state index < -0.39 is 0 Å². The number of fused-ring (bicyclic) bond motifs is 1. The summed E-state index contributed by atoms with van der Waals surface area (Å²) in [6, 6.07) is 2.45. The van der Waals surface area contributed by atoms with Crippen molar-refractivity contribution in [2.45, 2.75) is 64.1 Å². The van der Waals surface area contributed by atoms with Crippen LogP contribution in [0.15, 0.2) is 11.6 Å². The van der Waals surface area contributed by atoms with E-state index in [4.69, 9.17) is 4.74 Å². The minimum absolute atomic E-state index is 0.0550. The quantitative estimate of drug-likeness (QED) is 0.563. The molecule has 154 valence electrons. The summed E-state index contributed by atoms with van der Waals surface area (Å²) >= 11 is 0. The molecule has 1 saturated heterocycles. The fourth-order valence-electron chi connectivity index (χ4n) is 5.38. The minimum atomic E-state index is -0.326. The number of nitrogens with zero attached hydrogens (tertiary/aromatic N) is 1. The van der Waals surface area contributed by atoms with Crippen LogP contribution < -0.4 is 21.3 Å². The molecule has 7 heteroatoms. The van der Waals surface area contributed by atoms with Crippen molar-refractivity contribution in [2.24, 2.45) is 29.6 Å². The van der Waals surface area contributed by atoms with Gasteiger partial charge in [-0.05, 0) is 56.3 Å². The molecule has 1 amide bonds. The fraction of sp³-hybridized carbons (Fsp3) is 0.810. The van der Waals surface area contributed by atoms with Gasteiger partial charge in [-0.2, -0.15) is 5.26 Å². The molecule has 28 heavy (non-hydrogen) atoms. The highest BCUT2D eigenvalue weighted by Gasteiger charge is 2.44. The Bertz CT molecular complexity index is 670. The lowest BCUT2D eigenvalue weighted by atomic mass is 9.68. The van der Waals surface area contributed by atoms with E-state index >= 15 is 0 Å². The lowest BCUT2D eigenvalue weighted by Gasteiger charge is -2.43. The predicted molar refractivity (Wildman–Crippen MR) is 106 cm³/mol. The lowest BCUT2D eigenvalue weighted by molar-refractivity contribution is -0.120. The zero-order chi connectivity index (χ0) is 19.8. The van der Waals surface area contributed by atoms with Gasteiger partial charge < -0.3 is 10.1 Å². The molecule has 0 aromatic carbocycles. The van der Waals surface area contributed by atoms with E-state index in [9.17, 15) is 10.1 Å². The van der Waals surface area contributed by atoms with Crippen molar-refractivity contribution in [1.82, 2.24) is 21.3 Å². The first kappa shape index (κ1) is 19.8. The standard InChI is InChI=1S/C21H33N5O2/c1-11-6-14-7-17(19(27)25-18(14)8-16(11)13-4-5-13)12(2)24-21-23-10-15(9-22)20(26-21)28-3/h7,11-16,18,20-21,23-24,26H,4-6,8,10H2,1-3H3,(H,25,27)/t11?,12-,14?,15?,16?,18?,20?,21?/m0/s1. The lowest BCUT2D eigenvalue weighted by Crippen LogP contribution is -2.66. The summed E-state index contributed by atoms with van der Waals surface area (Å²) in [6.45, 7) is 4.95. The van der Waals surface area contributed by atoms with Gasteiger partial charge in [-0.1, -0.05) is 13.0 Å². The molecular weight excluding hydrogens is 354 g/mol. The Morgan fingerprint density at radius 2 is 2.14 bits per heavy atom. The van der Waals surface area contributed by atoms with Gasteiger partial charge in [0.1, 0.15) is 12.5 Å². The number of hydrogen-bond acceptors (Lipinski definition) is 6. The summed E-state index contributed by atoms with van der Waals surface area (Å²) in [6.07, 6.45) is 6.73. The Morgan fingerprint density at radius 1 is 1.36 bits per heavy atom. The number of carbonyl (C=O) groups excluding carboxylic acids is 1. The van der Waals surface area contributed by atoms with Gasteiger partial charge >= 0.3 is 0 Å². The molecule has 7 unspecified atom stereocenters. The monoisotopic (exact) mass is 387 g/mol. The van der Waals surface area contributed by atoms with Crippen LogP contribution in [0.3, 0.4) is 0 Å². The number of carbonyl (C=O) groups is 1. The number of nitriles is 1. The highest BCUT2D eigenvalue weighted by Crippen LogP contribution is 2.48. The van der Waals surface area contributed by atoms with Crippen LogP contribution in [0.25, 0.3) is 0 Å². The Labute approximate surface area is 167 Å². The van der Waals surface area contributed by atoms with Gasteiger partial charge in [0, 0.05) is 31.3 Å². The van der Waals surface area contributed by atoms with E-state index in [1.54, 1.807) is 7.11 Å². The van der Waals surface area contributed by atoms with Crippen molar-refractivity contribution >= 4 is 5.91 Å². The van der Waals surface area contributed by atoms with Crippen LogP contribution in [0.1, 0.15) is 39.5 Å². The van der Waals surface area contributed by atoms with Crippen molar-refractivity contribution in [3.05, 3.63) is 11.6 Å². The molecule has 0 radical (unpaired) electrons. The second-order valence-corrected chi connectivity index (χ2v) is 9.10. The van der Waals surface area contributed by atoms with Crippen LogP contribution in [0.4, 0.5) is 0 Å². The van der Waals surface area contributed by atoms with Gasteiger partial charge in [-0.15, -0.1) is 0 Å². The van der Waals surface area contributed by atoms with Gasteiger partial charge in [0.15, 0.2) is 0 Å². The topological polar surface area (TPSA) is 98.2 Å². The molecule has 8 atom stereocenters. The molecule has 4 rings (SSSR count). The summed E-state index contributed by atoms with van der Waals surface area (Å²) in [4.78, 5) is 12.8. The molecule has 2 saturated carbocycles. The van der Waals surface area contributed by atoms with Crippen molar-refractivity contribution in [3.63, 3.8) is 0 Å². The molecule has 2 heterocycles. The molecule has 3 fully saturated rings. The molecular formula is C21H33N5O2. The first-order valence-electron chi connectivity index (χ1n) is 10.7. The number of methoxy groups -OCH3 is 1. The van der Waals surface area contributed by atoms with Gasteiger partial charge in [0.05, 0.1) is 12.0 Å².